The normalized spacial score (nSPS) is 9.00. The number of carbonyl (C=O) groups excluding carboxylic acids is 1. The molecule has 0 spiro atoms. The van der Waals surface area contributed by atoms with Gasteiger partial charge in [-0.15, -0.1) is 0 Å². The quantitative estimate of drug-likeness (QED) is 0.420. The molecule has 0 aliphatic heterocycles. The number of phenolic OH excluding ortho intramolecular Hbond substituents is 1. The van der Waals surface area contributed by atoms with Crippen molar-refractivity contribution in [2.45, 2.75) is 0 Å². The Morgan fingerprint density at radius 2 is 2.29 bits per heavy atom. The van der Waals surface area contributed by atoms with Gasteiger partial charge in [0.15, 0.2) is 17.9 Å². The van der Waals surface area contributed by atoms with Crippen LogP contribution in [0.5, 0.6) is 5.75 Å². The Kier molecular flexibility index (Phi) is 3.55. The molecule has 0 fully saturated rings. The lowest BCUT2D eigenvalue weighted by molar-refractivity contribution is 0.112. The summed E-state index contributed by atoms with van der Waals surface area (Å²) in [5.41, 5.74) is 0.241. The average Bonchev–Trinajstić information content (AvgIpc) is 2.19. The molecule has 1 N–H and O–H groups in total. The summed E-state index contributed by atoms with van der Waals surface area (Å²) in [6, 6.07) is 2.39. The van der Waals surface area contributed by atoms with Gasteiger partial charge in [-0.3, -0.25) is 4.79 Å². The first-order valence-electron chi connectivity index (χ1n) is 3.76. The van der Waals surface area contributed by atoms with Gasteiger partial charge in [0.1, 0.15) is 0 Å². The fraction of sp³-hybridized carbons (Fsp3) is 0.100. The highest BCUT2D eigenvalue weighted by atomic mass is 32.1. The Morgan fingerprint density at radius 1 is 1.57 bits per heavy atom. The molecule has 0 aliphatic rings. The average molecular weight is 210 g/mol. The number of carbonyl (C=O) groups is 1. The van der Waals surface area contributed by atoms with Crippen molar-refractivity contribution in [3.05, 3.63) is 29.1 Å². The fourth-order valence-corrected chi connectivity index (χ4v) is 1.00. The highest BCUT2D eigenvalue weighted by Gasteiger charge is 2.07. The summed E-state index contributed by atoms with van der Waals surface area (Å²) >= 11 is 3.86. The zero-order valence-electron chi connectivity index (χ0n) is 7.12. The van der Waals surface area contributed by atoms with Crippen molar-refractivity contribution in [2.75, 3.05) is 5.75 Å². The zero-order valence-corrected chi connectivity index (χ0v) is 8.01. The second kappa shape index (κ2) is 4.68. The van der Waals surface area contributed by atoms with E-state index in [0.29, 0.717) is 17.6 Å². The summed E-state index contributed by atoms with van der Waals surface area (Å²) in [7, 11) is 0. The van der Waals surface area contributed by atoms with E-state index in [4.69, 9.17) is 5.11 Å². The van der Waals surface area contributed by atoms with Gasteiger partial charge in [0.2, 0.25) is 0 Å². The zero-order chi connectivity index (χ0) is 10.6. The number of hydrogen-bond acceptors (Lipinski definition) is 3. The highest BCUT2D eigenvalue weighted by Crippen LogP contribution is 2.21. The smallest absolute Gasteiger partial charge is 0.166 e. The first kappa shape index (κ1) is 10.6. The van der Waals surface area contributed by atoms with E-state index in [9.17, 15) is 9.18 Å². The number of halogens is 1. The molecule has 1 rings (SSSR count). The molecule has 0 aromatic heterocycles. The maximum absolute atomic E-state index is 13.0. The van der Waals surface area contributed by atoms with Gasteiger partial charge in [-0.25, -0.2) is 4.39 Å². The molecule has 0 saturated heterocycles. The Hall–Kier alpha value is -1.47. The number of phenols is 1. The van der Waals surface area contributed by atoms with Crippen molar-refractivity contribution in [3.63, 3.8) is 0 Å². The van der Waals surface area contributed by atoms with Crippen LogP contribution in [-0.4, -0.2) is 17.1 Å². The van der Waals surface area contributed by atoms with Crippen LogP contribution >= 0.6 is 12.6 Å². The standard InChI is InChI=1S/C10H7FO2S/c11-9-5-7(2-1-3-14)4-8(6-12)10(9)13/h4-6,13-14H,3H2. The Morgan fingerprint density at radius 3 is 2.86 bits per heavy atom. The largest absolute Gasteiger partial charge is 0.504 e. The molecule has 4 heteroatoms. The minimum Gasteiger partial charge on any atom is -0.504 e. The van der Waals surface area contributed by atoms with Gasteiger partial charge in [0, 0.05) is 5.56 Å². The van der Waals surface area contributed by atoms with Crippen LogP contribution in [0.25, 0.3) is 0 Å². The van der Waals surface area contributed by atoms with Crippen molar-refractivity contribution in [1.29, 1.82) is 0 Å². The summed E-state index contributed by atoms with van der Waals surface area (Å²) in [6.45, 7) is 0. The van der Waals surface area contributed by atoms with Crippen LogP contribution in [0, 0.1) is 17.7 Å². The van der Waals surface area contributed by atoms with E-state index >= 15 is 0 Å². The third-order valence-corrected chi connectivity index (χ3v) is 1.69. The highest BCUT2D eigenvalue weighted by molar-refractivity contribution is 7.80. The Balaban J connectivity index is 3.22. The van der Waals surface area contributed by atoms with Gasteiger partial charge in [-0.05, 0) is 12.1 Å². The molecule has 0 unspecified atom stereocenters. The van der Waals surface area contributed by atoms with E-state index in [-0.39, 0.29) is 5.56 Å². The summed E-state index contributed by atoms with van der Waals surface area (Å²) < 4.78 is 13.0. The number of aldehydes is 1. The van der Waals surface area contributed by atoms with Crippen molar-refractivity contribution in [3.8, 4) is 17.6 Å². The van der Waals surface area contributed by atoms with E-state index in [1.807, 2.05) is 0 Å². The van der Waals surface area contributed by atoms with Gasteiger partial charge in [0.25, 0.3) is 0 Å². The number of thiol groups is 1. The van der Waals surface area contributed by atoms with E-state index in [2.05, 4.69) is 24.5 Å². The second-order valence-corrected chi connectivity index (χ2v) is 2.79. The van der Waals surface area contributed by atoms with E-state index in [1.54, 1.807) is 0 Å². The molecule has 0 saturated carbocycles. The molecule has 0 heterocycles. The number of benzene rings is 1. The molecule has 72 valence electrons. The van der Waals surface area contributed by atoms with Crippen molar-refractivity contribution in [2.24, 2.45) is 0 Å². The lowest BCUT2D eigenvalue weighted by Crippen LogP contribution is -1.88. The van der Waals surface area contributed by atoms with E-state index < -0.39 is 11.6 Å². The lowest BCUT2D eigenvalue weighted by Gasteiger charge is -1.99. The molecular formula is C10H7FO2S. The lowest BCUT2D eigenvalue weighted by atomic mass is 10.1. The molecule has 0 bridgehead atoms. The van der Waals surface area contributed by atoms with Crippen LogP contribution in [0.3, 0.4) is 0 Å². The minimum atomic E-state index is -0.849. The van der Waals surface area contributed by atoms with Gasteiger partial charge < -0.3 is 5.11 Å². The predicted molar refractivity (Wildman–Crippen MR) is 54.2 cm³/mol. The van der Waals surface area contributed by atoms with Gasteiger partial charge in [0.05, 0.1) is 11.3 Å². The summed E-state index contributed by atoms with van der Waals surface area (Å²) in [4.78, 5) is 10.4. The monoisotopic (exact) mass is 210 g/mol. The third-order valence-electron chi connectivity index (χ3n) is 1.53. The first-order valence-corrected chi connectivity index (χ1v) is 4.39. The van der Waals surface area contributed by atoms with E-state index in [1.165, 1.54) is 6.07 Å². The minimum absolute atomic E-state index is 0.103. The number of rotatable bonds is 1. The number of aromatic hydroxyl groups is 1. The molecule has 1 aromatic carbocycles. The first-order chi connectivity index (χ1) is 6.69. The molecule has 2 nitrogen and oxygen atoms in total. The Labute approximate surface area is 86.2 Å². The van der Waals surface area contributed by atoms with Crippen LogP contribution in [0.1, 0.15) is 15.9 Å². The van der Waals surface area contributed by atoms with Crippen LogP contribution in [0.15, 0.2) is 12.1 Å². The molecule has 0 aliphatic carbocycles. The second-order valence-electron chi connectivity index (χ2n) is 2.47. The van der Waals surface area contributed by atoms with E-state index in [0.717, 1.165) is 6.07 Å². The van der Waals surface area contributed by atoms with Crippen LogP contribution in [-0.2, 0) is 0 Å². The molecule has 0 amide bonds. The Bertz CT molecular complexity index is 418. The SMILES string of the molecule is O=Cc1cc(C#CCS)cc(F)c1O. The van der Waals surface area contributed by atoms with Crippen LogP contribution < -0.4 is 0 Å². The summed E-state index contributed by atoms with van der Waals surface area (Å²) in [5, 5.41) is 9.08. The van der Waals surface area contributed by atoms with Crippen molar-refractivity contribution >= 4 is 18.9 Å². The fourth-order valence-electron chi connectivity index (χ4n) is 0.924. The van der Waals surface area contributed by atoms with Gasteiger partial charge in [-0.1, -0.05) is 11.8 Å². The van der Waals surface area contributed by atoms with Crippen molar-refractivity contribution in [1.82, 2.24) is 0 Å². The number of hydrogen-bond donors (Lipinski definition) is 2. The van der Waals surface area contributed by atoms with Crippen LogP contribution in [0.2, 0.25) is 0 Å². The summed E-state index contributed by atoms with van der Waals surface area (Å²) in [5.74, 6) is 4.07. The topological polar surface area (TPSA) is 37.3 Å². The molecule has 1 aromatic rings. The van der Waals surface area contributed by atoms with Crippen molar-refractivity contribution < 1.29 is 14.3 Å². The maximum atomic E-state index is 13.0. The van der Waals surface area contributed by atoms with Gasteiger partial charge in [-0.2, -0.15) is 12.6 Å². The molecular weight excluding hydrogens is 203 g/mol. The molecule has 0 radical (unpaired) electrons. The summed E-state index contributed by atoms with van der Waals surface area (Å²) in [6.07, 6.45) is 0.379. The van der Waals surface area contributed by atoms with Crippen LogP contribution in [0.4, 0.5) is 4.39 Å². The predicted octanol–water partition coefficient (Wildman–Crippen LogP) is 1.63. The third kappa shape index (κ3) is 2.27. The molecule has 14 heavy (non-hydrogen) atoms. The molecule has 0 atom stereocenters. The van der Waals surface area contributed by atoms with Gasteiger partial charge >= 0.3 is 0 Å². The maximum Gasteiger partial charge on any atom is 0.166 e.